The van der Waals surface area contributed by atoms with Gasteiger partial charge in [0.15, 0.2) is 17.3 Å². The summed E-state index contributed by atoms with van der Waals surface area (Å²) in [5.74, 6) is 0.567. The number of nitrogens with zero attached hydrogens (tertiary/aromatic N) is 1. The number of ether oxygens (including phenoxy) is 3. The molecular weight excluding hydrogens is 334 g/mol. The fourth-order valence-corrected chi connectivity index (χ4v) is 2.49. The fourth-order valence-electron chi connectivity index (χ4n) is 2.49. The van der Waals surface area contributed by atoms with Crippen molar-refractivity contribution in [3.63, 3.8) is 0 Å². The second-order valence-electron chi connectivity index (χ2n) is 5.75. The highest BCUT2D eigenvalue weighted by molar-refractivity contribution is 5.98. The molecule has 2 aromatic carbocycles. The smallest absolute Gasteiger partial charge is 0.306 e. The van der Waals surface area contributed by atoms with Gasteiger partial charge in [-0.05, 0) is 35.9 Å². The van der Waals surface area contributed by atoms with E-state index in [4.69, 9.17) is 19.5 Å². The first-order valence-corrected chi connectivity index (χ1v) is 8.23. The predicted molar refractivity (Wildman–Crippen MR) is 91.9 cm³/mol. The van der Waals surface area contributed by atoms with Gasteiger partial charge in [-0.1, -0.05) is 12.1 Å². The van der Waals surface area contributed by atoms with Crippen LogP contribution in [0.4, 0.5) is 0 Å². The molecule has 0 saturated carbocycles. The molecule has 1 aliphatic rings. The molecule has 0 amide bonds. The second-order valence-corrected chi connectivity index (χ2v) is 5.75. The van der Waals surface area contributed by atoms with E-state index < -0.39 is 5.97 Å². The number of carbonyl (C=O) groups excluding carboxylic acids is 2. The van der Waals surface area contributed by atoms with Gasteiger partial charge < -0.3 is 14.2 Å². The lowest BCUT2D eigenvalue weighted by Crippen LogP contribution is -2.16. The van der Waals surface area contributed by atoms with Gasteiger partial charge in [-0.15, -0.1) is 0 Å². The van der Waals surface area contributed by atoms with Crippen LogP contribution in [0.1, 0.15) is 34.3 Å². The van der Waals surface area contributed by atoms with E-state index in [-0.39, 0.29) is 25.2 Å². The lowest BCUT2D eigenvalue weighted by atomic mass is 10.1. The van der Waals surface area contributed by atoms with Gasteiger partial charge in [0.1, 0.15) is 19.8 Å². The molecule has 1 heterocycles. The number of fused-ring (bicyclic) bond motifs is 1. The Balaban J connectivity index is 1.47. The third-order valence-corrected chi connectivity index (χ3v) is 3.90. The third-order valence-electron chi connectivity index (χ3n) is 3.90. The van der Waals surface area contributed by atoms with Crippen LogP contribution in [0, 0.1) is 11.3 Å². The molecule has 0 N–H and O–H groups in total. The predicted octanol–water partition coefficient (Wildman–Crippen LogP) is 3.04. The van der Waals surface area contributed by atoms with Crippen molar-refractivity contribution in [1.82, 2.24) is 0 Å². The molecule has 132 valence electrons. The van der Waals surface area contributed by atoms with Crippen molar-refractivity contribution in [2.24, 2.45) is 0 Å². The van der Waals surface area contributed by atoms with Crippen LogP contribution in [0.5, 0.6) is 11.5 Å². The monoisotopic (exact) mass is 351 g/mol. The van der Waals surface area contributed by atoms with Gasteiger partial charge in [-0.2, -0.15) is 5.26 Å². The lowest BCUT2D eigenvalue weighted by molar-refractivity contribution is -0.144. The molecule has 0 aromatic heterocycles. The average molecular weight is 351 g/mol. The summed E-state index contributed by atoms with van der Waals surface area (Å²) < 4.78 is 16.0. The van der Waals surface area contributed by atoms with Crippen molar-refractivity contribution in [2.45, 2.75) is 19.4 Å². The number of rotatable bonds is 6. The van der Waals surface area contributed by atoms with Crippen LogP contribution in [-0.2, 0) is 16.1 Å². The molecule has 6 nitrogen and oxygen atoms in total. The molecule has 0 radical (unpaired) electrons. The Morgan fingerprint density at radius 2 is 1.73 bits per heavy atom. The van der Waals surface area contributed by atoms with Crippen molar-refractivity contribution < 1.29 is 23.8 Å². The van der Waals surface area contributed by atoms with Crippen molar-refractivity contribution in [3.05, 3.63) is 59.2 Å². The first kappa shape index (κ1) is 17.5. The molecule has 2 aromatic rings. The summed E-state index contributed by atoms with van der Waals surface area (Å²) in [6.45, 7) is 1.06. The SMILES string of the molecule is N#Cc1ccc(COC(=O)CCC(=O)c2ccc3c(c2)OCCO3)cc1. The van der Waals surface area contributed by atoms with Crippen LogP contribution in [0.2, 0.25) is 0 Å². The Morgan fingerprint density at radius 1 is 1.00 bits per heavy atom. The van der Waals surface area contributed by atoms with Crippen LogP contribution in [0.25, 0.3) is 0 Å². The minimum atomic E-state index is -0.444. The average Bonchev–Trinajstić information content (AvgIpc) is 2.70. The highest BCUT2D eigenvalue weighted by Crippen LogP contribution is 2.31. The van der Waals surface area contributed by atoms with E-state index in [9.17, 15) is 9.59 Å². The van der Waals surface area contributed by atoms with E-state index in [2.05, 4.69) is 0 Å². The molecular formula is C20H17NO5. The maximum Gasteiger partial charge on any atom is 0.306 e. The minimum absolute atomic E-state index is 0.00353. The summed E-state index contributed by atoms with van der Waals surface area (Å²) in [5, 5.41) is 8.75. The summed E-state index contributed by atoms with van der Waals surface area (Å²) in [6.07, 6.45) is 0.0649. The Bertz CT molecular complexity index is 851. The summed E-state index contributed by atoms with van der Waals surface area (Å²) >= 11 is 0. The van der Waals surface area contributed by atoms with Gasteiger partial charge in [-0.3, -0.25) is 9.59 Å². The summed E-state index contributed by atoms with van der Waals surface area (Å²) in [7, 11) is 0. The number of carbonyl (C=O) groups is 2. The van der Waals surface area contributed by atoms with Crippen LogP contribution < -0.4 is 9.47 Å². The minimum Gasteiger partial charge on any atom is -0.486 e. The quantitative estimate of drug-likeness (QED) is 0.587. The topological polar surface area (TPSA) is 85.6 Å². The number of ketones is 1. The molecule has 0 saturated heterocycles. The summed E-state index contributed by atoms with van der Waals surface area (Å²) in [5.41, 5.74) is 1.81. The zero-order chi connectivity index (χ0) is 18.4. The zero-order valence-corrected chi connectivity index (χ0v) is 14.1. The van der Waals surface area contributed by atoms with E-state index in [0.717, 1.165) is 5.56 Å². The Hall–Kier alpha value is -3.33. The highest BCUT2D eigenvalue weighted by atomic mass is 16.6. The van der Waals surface area contributed by atoms with E-state index in [1.165, 1.54) is 0 Å². The molecule has 0 bridgehead atoms. The van der Waals surface area contributed by atoms with Gasteiger partial charge in [0, 0.05) is 12.0 Å². The molecule has 0 unspecified atom stereocenters. The molecule has 0 atom stereocenters. The number of esters is 1. The number of hydrogen-bond acceptors (Lipinski definition) is 6. The number of Topliss-reactive ketones (excluding diaryl/α,β-unsaturated/α-hetero) is 1. The van der Waals surface area contributed by atoms with Crippen molar-refractivity contribution in [2.75, 3.05) is 13.2 Å². The zero-order valence-electron chi connectivity index (χ0n) is 14.1. The standard InChI is InChI=1S/C20H17NO5/c21-12-14-1-3-15(4-2-14)13-26-20(23)8-6-17(22)16-5-7-18-19(11-16)25-10-9-24-18/h1-5,7,11H,6,8-10,13H2. The van der Waals surface area contributed by atoms with Gasteiger partial charge in [-0.25, -0.2) is 0 Å². The van der Waals surface area contributed by atoms with Crippen LogP contribution in [0.15, 0.2) is 42.5 Å². The van der Waals surface area contributed by atoms with Crippen molar-refractivity contribution in [3.8, 4) is 17.6 Å². The Labute approximate surface area is 150 Å². The Kier molecular flexibility index (Phi) is 5.49. The maximum absolute atomic E-state index is 12.2. The van der Waals surface area contributed by atoms with Gasteiger partial charge >= 0.3 is 5.97 Å². The lowest BCUT2D eigenvalue weighted by Gasteiger charge is -2.18. The Morgan fingerprint density at radius 3 is 2.46 bits per heavy atom. The molecule has 26 heavy (non-hydrogen) atoms. The summed E-state index contributed by atoms with van der Waals surface area (Å²) in [6, 6.07) is 13.8. The van der Waals surface area contributed by atoms with Gasteiger partial charge in [0.2, 0.25) is 0 Å². The van der Waals surface area contributed by atoms with Gasteiger partial charge in [0.05, 0.1) is 18.1 Å². The van der Waals surface area contributed by atoms with E-state index >= 15 is 0 Å². The first-order valence-electron chi connectivity index (χ1n) is 8.23. The third kappa shape index (κ3) is 4.39. The molecule has 0 fully saturated rings. The number of nitriles is 1. The van der Waals surface area contributed by atoms with Gasteiger partial charge in [0.25, 0.3) is 0 Å². The maximum atomic E-state index is 12.2. The molecule has 1 aliphatic heterocycles. The molecule has 3 rings (SSSR count). The first-order chi connectivity index (χ1) is 12.7. The molecule has 6 heteroatoms. The van der Waals surface area contributed by atoms with Crippen LogP contribution in [0.3, 0.4) is 0 Å². The second kappa shape index (κ2) is 8.17. The van der Waals surface area contributed by atoms with Crippen LogP contribution in [-0.4, -0.2) is 25.0 Å². The van der Waals surface area contributed by atoms with Crippen molar-refractivity contribution in [1.29, 1.82) is 5.26 Å². The van der Waals surface area contributed by atoms with E-state index in [0.29, 0.717) is 35.8 Å². The molecule has 0 aliphatic carbocycles. The normalized spacial score (nSPS) is 12.1. The number of benzene rings is 2. The van der Waals surface area contributed by atoms with Crippen LogP contribution >= 0.6 is 0 Å². The highest BCUT2D eigenvalue weighted by Gasteiger charge is 2.16. The van der Waals surface area contributed by atoms with E-state index in [1.54, 1.807) is 42.5 Å². The number of hydrogen-bond donors (Lipinski definition) is 0. The van der Waals surface area contributed by atoms with E-state index in [1.807, 2.05) is 6.07 Å². The largest absolute Gasteiger partial charge is 0.486 e. The molecule has 0 spiro atoms. The van der Waals surface area contributed by atoms with Crippen molar-refractivity contribution >= 4 is 11.8 Å². The summed E-state index contributed by atoms with van der Waals surface area (Å²) in [4.78, 5) is 24.1. The fraction of sp³-hybridized carbons (Fsp3) is 0.250.